The van der Waals surface area contributed by atoms with Crippen LogP contribution < -0.4 is 43.0 Å². The van der Waals surface area contributed by atoms with Gasteiger partial charge in [-0.05, 0) is 194 Å². The molecule has 4 unspecified atom stereocenters. The van der Waals surface area contributed by atoms with Crippen LogP contribution in [0.2, 0.25) is 0 Å². The molecule has 4 atom stereocenters. The van der Waals surface area contributed by atoms with Gasteiger partial charge in [-0.1, -0.05) is 0 Å². The van der Waals surface area contributed by atoms with Crippen LogP contribution >= 0.6 is 45.9 Å². The highest BCUT2D eigenvalue weighted by molar-refractivity contribution is 7.91. The summed E-state index contributed by atoms with van der Waals surface area (Å²) in [4.78, 5) is 49.2. The number of nitrogens with zero attached hydrogens (tertiary/aromatic N) is 24. The summed E-state index contributed by atoms with van der Waals surface area (Å²) in [6.07, 6.45) is 39.7. The lowest BCUT2D eigenvalue weighted by molar-refractivity contribution is 0.176. The van der Waals surface area contributed by atoms with Gasteiger partial charge in [-0.3, -0.25) is 36.3 Å². The number of hydrogen-bond acceptors (Lipinski definition) is 31. The van der Waals surface area contributed by atoms with Gasteiger partial charge in [-0.15, -0.1) is 11.3 Å². The zero-order valence-corrected chi connectivity index (χ0v) is 73.2. The van der Waals surface area contributed by atoms with E-state index in [9.17, 15) is 18.3 Å². The highest BCUT2D eigenvalue weighted by Crippen LogP contribution is 2.38. The lowest BCUT2D eigenvalue weighted by Crippen LogP contribution is -2.31. The molecule has 0 aromatic carbocycles. The molecule has 16 aromatic heterocycles. The third kappa shape index (κ3) is 19.5. The molecule has 1 amide bonds. The normalized spacial score (nSPS) is 15.7. The number of cyclic esters (lactones) is 1. The summed E-state index contributed by atoms with van der Waals surface area (Å²) in [5.41, 5.74) is 23.9. The van der Waals surface area contributed by atoms with Gasteiger partial charge in [-0.25, -0.2) is 57.4 Å². The number of carbonyl (C=O) groups is 1. The number of imidazole rings is 4. The minimum absolute atomic E-state index is 0.00358. The van der Waals surface area contributed by atoms with Crippen LogP contribution in [-0.2, 0) is 68.6 Å². The molecular weight excluding hydrogens is 1650 g/mol. The third-order valence-corrected chi connectivity index (χ3v) is 26.9. The predicted molar refractivity (Wildman–Crippen MR) is 473 cm³/mol. The topological polar surface area (TPSA) is 425 Å². The highest BCUT2D eigenvalue weighted by Gasteiger charge is 2.28. The lowest BCUT2D eigenvalue weighted by Gasteiger charge is -2.22. The number of carbonyl (C=O) groups excluding carboxylic acids is 1. The maximum absolute atomic E-state index is 12.7. The molecule has 636 valence electrons. The summed E-state index contributed by atoms with van der Waals surface area (Å²) in [5.74, 6) is 3.83. The van der Waals surface area contributed by atoms with Crippen molar-refractivity contribution in [3.05, 3.63) is 169 Å². The van der Waals surface area contributed by atoms with Crippen molar-refractivity contribution in [3.63, 3.8) is 0 Å². The van der Waals surface area contributed by atoms with Crippen molar-refractivity contribution in [2.24, 2.45) is 45.8 Å². The average Bonchev–Trinajstić information content (AvgIpc) is 1.64. The Morgan fingerprint density at radius 2 is 0.910 bits per heavy atom. The maximum Gasteiger partial charge on any atom is 0.407 e. The number of nitrogens with two attached hydrogens (primary N) is 1. The fourth-order valence-corrected chi connectivity index (χ4v) is 19.5. The van der Waals surface area contributed by atoms with E-state index in [0.717, 1.165) is 168 Å². The molecule has 42 heteroatoms. The first-order chi connectivity index (χ1) is 58.9. The second-order valence-corrected chi connectivity index (χ2v) is 36.8. The number of rotatable bonds is 25. The molecular formula is C80H96N32O5S5. The maximum atomic E-state index is 12.7. The number of aliphatic hydroxyl groups is 1. The molecule has 16 aromatic rings. The summed E-state index contributed by atoms with van der Waals surface area (Å²) >= 11 is 5.41. The zero-order valence-electron chi connectivity index (χ0n) is 69.1. The lowest BCUT2D eigenvalue weighted by atomic mass is 9.95. The number of hydrogen-bond donors (Lipinski definition) is 9. The average molecular weight is 1750 g/mol. The van der Waals surface area contributed by atoms with Crippen molar-refractivity contribution in [2.75, 3.05) is 74.8 Å². The number of aliphatic hydroxyl groups excluding tert-OH is 1. The van der Waals surface area contributed by atoms with Crippen molar-refractivity contribution in [2.45, 2.75) is 108 Å². The van der Waals surface area contributed by atoms with Crippen LogP contribution in [0.15, 0.2) is 128 Å². The summed E-state index contributed by atoms with van der Waals surface area (Å²) < 4.78 is 60.3. The van der Waals surface area contributed by atoms with Gasteiger partial charge in [0.25, 0.3) is 10.0 Å². The SMILES string of the molecule is Cc1cc(Nc2nc(CC3CCCNC3)cn3c(-c4cnn(C)c4)cnc23)sc1S(=O)(=O)N(C)C.Cc1cc(Nc2nc(CC3CCCNC3)cn3c(-c4cnn(C)c4)cnc23)sn1.Cc1cc(Nc2nc(CCC(N)CO)cn3c(-c4cnn(C)c4)cnc23)sn1.Cc1cc(Nc2nc(CCC3COC(=O)N3)cn3c(-c4cnn(C)c4)cnc23)sn1. The van der Waals surface area contributed by atoms with Crippen molar-refractivity contribution in [1.29, 1.82) is 0 Å². The Hall–Kier alpha value is -11.9. The number of sulfonamides is 1. The number of thiophene rings is 1. The molecule has 19 heterocycles. The molecule has 37 nitrogen and oxygen atoms in total. The van der Waals surface area contributed by atoms with Crippen molar-refractivity contribution in [3.8, 4) is 45.0 Å². The Labute approximate surface area is 718 Å². The largest absolute Gasteiger partial charge is 0.447 e. The standard InChI is InChI=1S/C23H30N8O2S2.C20H24N8S.C19H20N8O2S.C18H22N8OS/c1-15-8-20(34-23(15)35(32,33)29(2)3)28-21-22-25-12-19(17-11-26-30(4)13-17)31(22)14-18(27-21)9-16-6-5-7-24-10-16;1-13-6-18(29-26-13)25-19-20-22-10-17(15-9-23-27(2)11-15)28(20)12-16(24-19)7-14-4-3-5-21-8-14;1-11-5-16(30-25-11)24-17-18-20-7-15(12-6-21-26(2)8-12)27(18)9-13(22-17)3-4-14-10-29-19(28)23-14;1-11-5-16(28-24-11)23-17-18-20-7-15(12-6-21-25(2)8-12)26(18)9-14(22-17)4-3-13(19)10-27/h8,11-14,16,24H,5-7,9-10H2,1-4H3,(H,27,28);6,9-12,14,21H,3-5,7-8H2,1-2H3,(H,24,25);5-9,14H,3-4,10H2,1-2H3,(H,22,24)(H,23,28);5-9,13,27H,3-4,10,19H2,1-2H3,(H,22,23). The molecule has 10 N–H and O–H groups in total. The molecule has 0 spiro atoms. The molecule has 0 aliphatic carbocycles. The van der Waals surface area contributed by atoms with Crippen LogP contribution in [0.5, 0.6) is 0 Å². The highest BCUT2D eigenvalue weighted by atomic mass is 32.2. The van der Waals surface area contributed by atoms with E-state index in [1.807, 2.05) is 180 Å². The molecule has 0 bridgehead atoms. The number of alkyl carbamates (subject to hydrolysis) is 1. The number of fused-ring (bicyclic) bond motifs is 4. The Bertz CT molecular complexity index is 6460. The minimum atomic E-state index is -3.52. The van der Waals surface area contributed by atoms with Crippen LogP contribution in [0.1, 0.15) is 83.9 Å². The monoisotopic (exact) mass is 1740 g/mol. The van der Waals surface area contributed by atoms with Gasteiger partial charge in [0.1, 0.15) is 25.8 Å². The number of anilines is 8. The molecule has 3 aliphatic rings. The quantitative estimate of drug-likeness (QED) is 0.0257. The minimum Gasteiger partial charge on any atom is -0.447 e. The number of aromatic nitrogens is 23. The number of aryl methyl sites for hydroxylation is 10. The van der Waals surface area contributed by atoms with Crippen LogP contribution in [-0.4, -0.2) is 199 Å². The summed E-state index contributed by atoms with van der Waals surface area (Å²) in [7, 11) is 7.15. The predicted octanol–water partition coefficient (Wildman–Crippen LogP) is 10.8. The Balaban J connectivity index is 0.000000121. The molecule has 19 rings (SSSR count). The summed E-state index contributed by atoms with van der Waals surface area (Å²) in [6, 6.07) is 7.57. The molecule has 3 saturated heterocycles. The smallest absolute Gasteiger partial charge is 0.407 e. The molecule has 3 aliphatic heterocycles. The van der Waals surface area contributed by atoms with Gasteiger partial charge in [0, 0.05) is 120 Å². The van der Waals surface area contributed by atoms with E-state index >= 15 is 0 Å². The molecule has 0 radical (unpaired) electrons. The Morgan fingerprint density at radius 3 is 1.24 bits per heavy atom. The fraction of sp³-hybridized carbons (Fsp3) is 0.375. The van der Waals surface area contributed by atoms with Gasteiger partial charge in [0.05, 0.1) is 130 Å². The van der Waals surface area contributed by atoms with E-state index < -0.39 is 10.0 Å². The Morgan fingerprint density at radius 1 is 0.533 bits per heavy atom. The molecule has 3 fully saturated rings. The van der Waals surface area contributed by atoms with Gasteiger partial charge in [0.15, 0.2) is 45.9 Å². The van der Waals surface area contributed by atoms with Gasteiger partial charge in [-0.2, -0.15) is 33.5 Å². The van der Waals surface area contributed by atoms with Crippen molar-refractivity contribution < 1.29 is 23.1 Å². The van der Waals surface area contributed by atoms with E-state index in [1.165, 1.54) is 75.9 Å². The van der Waals surface area contributed by atoms with Crippen molar-refractivity contribution >= 4 is 128 Å². The van der Waals surface area contributed by atoms with Crippen LogP contribution in [0.25, 0.3) is 67.6 Å². The summed E-state index contributed by atoms with van der Waals surface area (Å²) in [6.45, 7) is 12.3. The third-order valence-electron chi connectivity index (χ3n) is 20.9. The molecule has 122 heavy (non-hydrogen) atoms. The van der Waals surface area contributed by atoms with Crippen LogP contribution in [0.3, 0.4) is 0 Å². The van der Waals surface area contributed by atoms with Gasteiger partial charge >= 0.3 is 6.09 Å². The van der Waals surface area contributed by atoms with Gasteiger partial charge < -0.3 is 52.8 Å². The number of piperidine rings is 2. The Kier molecular flexibility index (Phi) is 25.3. The van der Waals surface area contributed by atoms with E-state index in [0.29, 0.717) is 75.6 Å². The first-order valence-corrected chi connectivity index (χ1v) is 44.6. The fourth-order valence-electron chi connectivity index (χ4n) is 14.8. The number of nitrogens with one attached hydrogen (secondary N) is 7. The zero-order chi connectivity index (χ0) is 84.9. The van der Waals surface area contributed by atoms with Crippen LogP contribution in [0, 0.1) is 39.5 Å². The van der Waals surface area contributed by atoms with Gasteiger partial charge in [0.2, 0.25) is 0 Å². The first kappa shape index (κ1) is 83.8. The number of amides is 1. The van der Waals surface area contributed by atoms with E-state index in [-0.39, 0.29) is 24.8 Å². The van der Waals surface area contributed by atoms with Crippen LogP contribution in [0.4, 0.5) is 48.1 Å². The van der Waals surface area contributed by atoms with E-state index in [1.54, 1.807) is 28.1 Å². The first-order valence-electron chi connectivity index (χ1n) is 40.0. The number of ether oxygens (including phenoxy) is 1. The van der Waals surface area contributed by atoms with E-state index in [4.69, 9.17) is 30.4 Å². The second-order valence-electron chi connectivity index (χ2n) is 30.9. The molecule has 0 saturated carbocycles. The summed E-state index contributed by atoms with van der Waals surface area (Å²) in [5, 5.41) is 53.2. The second kappa shape index (κ2) is 36.8. The van der Waals surface area contributed by atoms with E-state index in [2.05, 4.69) is 112 Å². The van der Waals surface area contributed by atoms with Crippen molar-refractivity contribution in [1.82, 2.24) is 130 Å².